The number of hydrogen-bond acceptors (Lipinski definition) is 4. The summed E-state index contributed by atoms with van der Waals surface area (Å²) >= 11 is 5.32. The van der Waals surface area contributed by atoms with Crippen LogP contribution in [0.1, 0.15) is 23.7 Å². The van der Waals surface area contributed by atoms with Gasteiger partial charge in [0, 0.05) is 31.7 Å². The predicted octanol–water partition coefficient (Wildman–Crippen LogP) is 1.74. The summed E-state index contributed by atoms with van der Waals surface area (Å²) in [6, 6.07) is 7.13. The topological polar surface area (TPSA) is 44.8 Å². The second kappa shape index (κ2) is 8.10. The van der Waals surface area contributed by atoms with Gasteiger partial charge in [0.2, 0.25) is 0 Å². The number of thiocarbonyl (C=S) groups is 1. The van der Waals surface area contributed by atoms with Crippen LogP contribution in [-0.4, -0.2) is 60.7 Å². The van der Waals surface area contributed by atoms with Crippen LogP contribution >= 0.6 is 12.2 Å². The smallest absolute Gasteiger partial charge is 0.257 e. The minimum atomic E-state index is -0.175. The highest BCUT2D eigenvalue weighted by Gasteiger charge is 2.18. The Hall–Kier alpha value is -1.66. The van der Waals surface area contributed by atoms with Gasteiger partial charge in [0.25, 0.3) is 5.91 Å². The maximum atomic E-state index is 12.2. The quantitative estimate of drug-likeness (QED) is 0.856. The molecule has 0 aliphatic carbocycles. The molecule has 1 aliphatic heterocycles. The lowest BCUT2D eigenvalue weighted by molar-refractivity contribution is 0.0970. The van der Waals surface area contributed by atoms with Crippen LogP contribution in [0.5, 0.6) is 5.75 Å². The summed E-state index contributed by atoms with van der Waals surface area (Å²) < 4.78 is 5.51. The monoisotopic (exact) mass is 321 g/mol. The number of likely N-dealkylation sites (N-methyl/N-ethyl adjacent to an activating group) is 1. The van der Waals surface area contributed by atoms with Crippen LogP contribution in [0.25, 0.3) is 0 Å². The summed E-state index contributed by atoms with van der Waals surface area (Å²) in [7, 11) is 2.08. The van der Waals surface area contributed by atoms with E-state index in [2.05, 4.69) is 24.2 Å². The van der Waals surface area contributed by atoms with E-state index in [1.807, 2.05) is 17.0 Å². The van der Waals surface area contributed by atoms with Crippen molar-refractivity contribution in [1.82, 2.24) is 15.1 Å². The van der Waals surface area contributed by atoms with Gasteiger partial charge in [0.15, 0.2) is 5.11 Å². The van der Waals surface area contributed by atoms with Gasteiger partial charge in [-0.05, 0) is 50.0 Å². The Kier molecular flexibility index (Phi) is 6.15. The van der Waals surface area contributed by atoms with Crippen molar-refractivity contribution in [3.05, 3.63) is 29.8 Å². The third-order valence-electron chi connectivity index (χ3n) is 3.60. The molecule has 6 heteroatoms. The molecule has 0 radical (unpaired) electrons. The molecule has 0 spiro atoms. The first-order valence-corrected chi connectivity index (χ1v) is 8.02. The van der Waals surface area contributed by atoms with E-state index in [1.165, 1.54) is 0 Å². The number of benzene rings is 1. The van der Waals surface area contributed by atoms with Crippen LogP contribution in [0.4, 0.5) is 0 Å². The first-order valence-electron chi connectivity index (χ1n) is 7.62. The largest absolute Gasteiger partial charge is 0.494 e. The Morgan fingerprint density at radius 3 is 2.45 bits per heavy atom. The molecule has 0 unspecified atom stereocenters. The van der Waals surface area contributed by atoms with Gasteiger partial charge >= 0.3 is 0 Å². The first-order chi connectivity index (χ1) is 10.6. The highest BCUT2D eigenvalue weighted by atomic mass is 32.1. The molecular formula is C16H23N3O2S. The second-order valence-corrected chi connectivity index (χ2v) is 5.81. The molecule has 1 saturated heterocycles. The van der Waals surface area contributed by atoms with Crippen molar-refractivity contribution in [2.45, 2.75) is 13.3 Å². The van der Waals surface area contributed by atoms with Crippen molar-refractivity contribution < 1.29 is 9.53 Å². The molecule has 120 valence electrons. The van der Waals surface area contributed by atoms with E-state index in [9.17, 15) is 4.79 Å². The zero-order valence-electron chi connectivity index (χ0n) is 13.2. The van der Waals surface area contributed by atoms with Gasteiger partial charge in [-0.25, -0.2) is 0 Å². The summed E-state index contributed by atoms with van der Waals surface area (Å²) in [5, 5.41) is 3.31. The van der Waals surface area contributed by atoms with Crippen LogP contribution in [-0.2, 0) is 0 Å². The molecule has 1 heterocycles. The van der Waals surface area contributed by atoms with Gasteiger partial charge in [0.05, 0.1) is 6.61 Å². The average molecular weight is 321 g/mol. The summed E-state index contributed by atoms with van der Waals surface area (Å²) in [6.45, 7) is 6.35. The molecule has 1 amide bonds. The van der Waals surface area contributed by atoms with Crippen molar-refractivity contribution in [3.63, 3.8) is 0 Å². The van der Waals surface area contributed by atoms with Gasteiger partial charge in [-0.1, -0.05) is 6.92 Å². The Morgan fingerprint density at radius 1 is 1.23 bits per heavy atom. The summed E-state index contributed by atoms with van der Waals surface area (Å²) in [5.41, 5.74) is 0.584. The molecule has 1 aromatic carbocycles. The summed E-state index contributed by atoms with van der Waals surface area (Å²) in [5.74, 6) is 0.603. The summed E-state index contributed by atoms with van der Waals surface area (Å²) in [4.78, 5) is 16.5. The number of carbonyl (C=O) groups is 1. The minimum Gasteiger partial charge on any atom is -0.494 e. The highest BCUT2D eigenvalue weighted by Crippen LogP contribution is 2.12. The molecule has 0 aromatic heterocycles. The van der Waals surface area contributed by atoms with Gasteiger partial charge in [-0.3, -0.25) is 10.1 Å². The molecule has 5 nitrogen and oxygen atoms in total. The SMILES string of the molecule is CCCOc1ccc(C(=O)NC(=S)N2CCN(C)CC2)cc1. The molecule has 1 aromatic rings. The number of ether oxygens (including phenoxy) is 1. The third kappa shape index (κ3) is 4.68. The van der Waals surface area contributed by atoms with Gasteiger partial charge in [-0.2, -0.15) is 0 Å². The van der Waals surface area contributed by atoms with E-state index < -0.39 is 0 Å². The Labute approximate surface area is 137 Å². The van der Waals surface area contributed by atoms with E-state index in [1.54, 1.807) is 12.1 Å². The number of rotatable bonds is 4. The molecule has 22 heavy (non-hydrogen) atoms. The summed E-state index contributed by atoms with van der Waals surface area (Å²) in [6.07, 6.45) is 0.960. The van der Waals surface area contributed by atoms with Crippen molar-refractivity contribution in [1.29, 1.82) is 0 Å². The lowest BCUT2D eigenvalue weighted by Crippen LogP contribution is -2.51. The van der Waals surface area contributed by atoms with Crippen LogP contribution in [0.3, 0.4) is 0 Å². The maximum absolute atomic E-state index is 12.2. The number of piperazine rings is 1. The van der Waals surface area contributed by atoms with Gasteiger partial charge in [0.1, 0.15) is 5.75 Å². The fourth-order valence-electron chi connectivity index (χ4n) is 2.18. The fraction of sp³-hybridized carbons (Fsp3) is 0.500. The zero-order valence-corrected chi connectivity index (χ0v) is 14.0. The second-order valence-electron chi connectivity index (χ2n) is 5.42. The normalized spacial score (nSPS) is 15.5. The Balaban J connectivity index is 1.87. The zero-order chi connectivity index (χ0) is 15.9. The number of amides is 1. The number of carbonyl (C=O) groups excluding carboxylic acids is 1. The van der Waals surface area contributed by atoms with Crippen molar-refractivity contribution in [3.8, 4) is 5.75 Å². The van der Waals surface area contributed by atoms with Gasteiger partial charge in [-0.15, -0.1) is 0 Å². The average Bonchev–Trinajstić information content (AvgIpc) is 2.54. The number of hydrogen-bond donors (Lipinski definition) is 1. The lowest BCUT2D eigenvalue weighted by Gasteiger charge is -2.33. The van der Waals surface area contributed by atoms with Crippen LogP contribution in [0, 0.1) is 0 Å². The molecule has 1 aliphatic rings. The molecule has 0 atom stereocenters. The van der Waals surface area contributed by atoms with Crippen LogP contribution < -0.4 is 10.1 Å². The molecule has 2 rings (SSSR count). The van der Waals surface area contributed by atoms with Gasteiger partial charge < -0.3 is 14.5 Å². The van der Waals surface area contributed by atoms with Crippen molar-refractivity contribution in [2.24, 2.45) is 0 Å². The van der Waals surface area contributed by atoms with Crippen molar-refractivity contribution >= 4 is 23.2 Å². The standard InChI is InChI=1S/C16H23N3O2S/c1-3-12-21-14-6-4-13(5-7-14)15(20)17-16(22)19-10-8-18(2)9-11-19/h4-7H,3,8-12H2,1-2H3,(H,17,20,22). The maximum Gasteiger partial charge on any atom is 0.257 e. The van der Waals surface area contributed by atoms with E-state index >= 15 is 0 Å². The molecule has 1 fully saturated rings. The number of nitrogens with one attached hydrogen (secondary N) is 1. The fourth-order valence-corrected chi connectivity index (χ4v) is 2.46. The van der Waals surface area contributed by atoms with E-state index in [-0.39, 0.29) is 5.91 Å². The Bertz CT molecular complexity index is 511. The number of nitrogens with zero attached hydrogens (tertiary/aromatic N) is 2. The molecule has 0 saturated carbocycles. The predicted molar refractivity (Wildman–Crippen MR) is 91.4 cm³/mol. The lowest BCUT2D eigenvalue weighted by atomic mass is 10.2. The van der Waals surface area contributed by atoms with E-state index in [0.717, 1.165) is 38.3 Å². The van der Waals surface area contributed by atoms with E-state index in [4.69, 9.17) is 17.0 Å². The minimum absolute atomic E-state index is 0.175. The van der Waals surface area contributed by atoms with Crippen LogP contribution in [0.15, 0.2) is 24.3 Å². The molecule has 1 N–H and O–H groups in total. The van der Waals surface area contributed by atoms with Crippen LogP contribution in [0.2, 0.25) is 0 Å². The van der Waals surface area contributed by atoms with Crippen molar-refractivity contribution in [2.75, 3.05) is 39.8 Å². The first kappa shape index (κ1) is 16.7. The Morgan fingerprint density at radius 2 is 1.86 bits per heavy atom. The highest BCUT2D eigenvalue weighted by molar-refractivity contribution is 7.80. The van der Waals surface area contributed by atoms with E-state index in [0.29, 0.717) is 17.3 Å². The molecule has 0 bridgehead atoms. The molecular weight excluding hydrogens is 298 g/mol. The third-order valence-corrected chi connectivity index (χ3v) is 3.96.